The molecule has 23 heavy (non-hydrogen) atoms. The van der Waals surface area contributed by atoms with Crippen molar-refractivity contribution in [3.8, 4) is 5.75 Å². The van der Waals surface area contributed by atoms with Gasteiger partial charge in [-0.05, 0) is 44.0 Å². The zero-order chi connectivity index (χ0) is 17.6. The second-order valence-electron chi connectivity index (χ2n) is 5.50. The zero-order valence-electron chi connectivity index (χ0n) is 14.4. The van der Waals surface area contributed by atoms with E-state index in [1.54, 1.807) is 31.1 Å². The first-order chi connectivity index (χ1) is 10.7. The van der Waals surface area contributed by atoms with Gasteiger partial charge < -0.3 is 9.64 Å². The fraction of sp³-hybridized carbons (Fsp3) is 0.562. The molecule has 0 saturated carbocycles. The number of ether oxygens (including phenoxy) is 1. The quantitative estimate of drug-likeness (QED) is 0.783. The number of benzene rings is 1. The molecule has 7 heteroatoms. The Balaban J connectivity index is 2.76. The second kappa shape index (κ2) is 8.31. The molecule has 1 aromatic rings. The van der Waals surface area contributed by atoms with Crippen molar-refractivity contribution < 1.29 is 17.9 Å². The molecule has 6 nitrogen and oxygen atoms in total. The molecule has 0 aliphatic rings. The van der Waals surface area contributed by atoms with Crippen LogP contribution in [0.4, 0.5) is 0 Å². The predicted molar refractivity (Wildman–Crippen MR) is 90.1 cm³/mol. The van der Waals surface area contributed by atoms with Gasteiger partial charge in [0.25, 0.3) is 0 Å². The van der Waals surface area contributed by atoms with Gasteiger partial charge in [-0.25, -0.2) is 13.1 Å². The third kappa shape index (κ3) is 5.21. The summed E-state index contributed by atoms with van der Waals surface area (Å²) in [5.74, 6) is 0.585. The molecule has 0 aliphatic carbocycles. The second-order valence-corrected chi connectivity index (χ2v) is 7.27. The van der Waals surface area contributed by atoms with Crippen LogP contribution in [-0.2, 0) is 14.8 Å². The monoisotopic (exact) mass is 342 g/mol. The molecule has 0 fully saturated rings. The summed E-state index contributed by atoms with van der Waals surface area (Å²) in [4.78, 5) is 13.5. The summed E-state index contributed by atoms with van der Waals surface area (Å²) < 4.78 is 32.3. The van der Waals surface area contributed by atoms with Crippen LogP contribution in [-0.4, -0.2) is 45.5 Å². The van der Waals surface area contributed by atoms with E-state index < -0.39 is 10.0 Å². The molecule has 1 N–H and O–H groups in total. The van der Waals surface area contributed by atoms with Gasteiger partial charge in [0.05, 0.1) is 12.0 Å². The maximum atomic E-state index is 12.3. The number of rotatable bonds is 8. The Morgan fingerprint density at radius 2 is 2.04 bits per heavy atom. The normalized spacial score (nSPS) is 12.7. The van der Waals surface area contributed by atoms with Crippen molar-refractivity contribution in [2.45, 2.75) is 45.1 Å². The van der Waals surface area contributed by atoms with Gasteiger partial charge in [-0.1, -0.05) is 6.92 Å². The molecule has 1 rings (SSSR count). The molecule has 1 aromatic carbocycles. The number of amides is 1. The minimum atomic E-state index is -3.61. The first-order valence-corrected chi connectivity index (χ1v) is 9.12. The summed E-state index contributed by atoms with van der Waals surface area (Å²) in [6, 6.07) is 4.79. The molecule has 1 atom stereocenters. The van der Waals surface area contributed by atoms with Crippen LogP contribution in [0, 0.1) is 6.92 Å². The minimum Gasteiger partial charge on any atom is -0.496 e. The highest BCUT2D eigenvalue weighted by atomic mass is 32.2. The van der Waals surface area contributed by atoms with Crippen molar-refractivity contribution in [1.29, 1.82) is 0 Å². The number of nitrogens with zero attached hydrogens (tertiary/aromatic N) is 1. The van der Waals surface area contributed by atoms with Gasteiger partial charge in [-0.3, -0.25) is 4.79 Å². The molecular formula is C16H26N2O4S. The lowest BCUT2D eigenvalue weighted by Crippen LogP contribution is -2.42. The van der Waals surface area contributed by atoms with Gasteiger partial charge >= 0.3 is 0 Å². The molecule has 0 radical (unpaired) electrons. The Morgan fingerprint density at radius 1 is 1.39 bits per heavy atom. The molecule has 130 valence electrons. The molecule has 1 amide bonds. The Bertz CT molecular complexity index is 643. The summed E-state index contributed by atoms with van der Waals surface area (Å²) in [6.07, 6.45) is 0.823. The van der Waals surface area contributed by atoms with Crippen LogP contribution < -0.4 is 9.46 Å². The van der Waals surface area contributed by atoms with Gasteiger partial charge in [0.15, 0.2) is 0 Å². The minimum absolute atomic E-state index is 0.0566. The van der Waals surface area contributed by atoms with Crippen LogP contribution >= 0.6 is 0 Å². The molecule has 0 aliphatic heterocycles. The lowest BCUT2D eigenvalue weighted by molar-refractivity contribution is -0.130. The number of hydrogen-bond donors (Lipinski definition) is 1. The number of nitrogens with one attached hydrogen (secondary N) is 1. The summed E-state index contributed by atoms with van der Waals surface area (Å²) in [6.45, 7) is 7.75. The average Bonchev–Trinajstić information content (AvgIpc) is 2.50. The summed E-state index contributed by atoms with van der Waals surface area (Å²) >= 11 is 0. The van der Waals surface area contributed by atoms with Crippen molar-refractivity contribution in [2.24, 2.45) is 0 Å². The Hall–Kier alpha value is -1.60. The summed E-state index contributed by atoms with van der Waals surface area (Å²) in [5.41, 5.74) is 0.750. The van der Waals surface area contributed by atoms with E-state index in [1.807, 2.05) is 13.8 Å². The van der Waals surface area contributed by atoms with Crippen LogP contribution in [0.3, 0.4) is 0 Å². The predicted octanol–water partition coefficient (Wildman–Crippen LogP) is 1.93. The molecule has 0 spiro atoms. The number of hydrogen-bond acceptors (Lipinski definition) is 4. The van der Waals surface area contributed by atoms with E-state index in [0.717, 1.165) is 12.0 Å². The van der Waals surface area contributed by atoms with Crippen molar-refractivity contribution >= 4 is 15.9 Å². The van der Waals surface area contributed by atoms with Crippen LogP contribution in [0.5, 0.6) is 5.75 Å². The molecular weight excluding hydrogens is 316 g/mol. The zero-order valence-corrected chi connectivity index (χ0v) is 15.2. The van der Waals surface area contributed by atoms with Crippen LogP contribution in [0.1, 0.15) is 32.8 Å². The van der Waals surface area contributed by atoms with E-state index >= 15 is 0 Å². The van der Waals surface area contributed by atoms with Gasteiger partial charge in [0, 0.05) is 26.1 Å². The number of carbonyl (C=O) groups is 1. The van der Waals surface area contributed by atoms with E-state index in [1.165, 1.54) is 13.0 Å². The third-order valence-corrected chi connectivity index (χ3v) is 5.31. The van der Waals surface area contributed by atoms with Crippen LogP contribution in [0.15, 0.2) is 23.1 Å². The third-order valence-electron chi connectivity index (χ3n) is 3.85. The molecule has 0 aromatic heterocycles. The largest absolute Gasteiger partial charge is 0.496 e. The van der Waals surface area contributed by atoms with Gasteiger partial charge in [0.2, 0.25) is 15.9 Å². The van der Waals surface area contributed by atoms with Gasteiger partial charge in [-0.2, -0.15) is 0 Å². The number of aryl methyl sites for hydroxylation is 1. The fourth-order valence-electron chi connectivity index (χ4n) is 2.31. The van der Waals surface area contributed by atoms with Crippen LogP contribution in [0.25, 0.3) is 0 Å². The highest BCUT2D eigenvalue weighted by Gasteiger charge is 2.18. The first-order valence-electron chi connectivity index (χ1n) is 7.64. The lowest BCUT2D eigenvalue weighted by Gasteiger charge is -2.27. The van der Waals surface area contributed by atoms with E-state index in [-0.39, 0.29) is 23.4 Å². The van der Waals surface area contributed by atoms with Crippen molar-refractivity contribution in [3.05, 3.63) is 23.8 Å². The standard InChI is InChI=1S/C16H26N2O4S/c1-6-13(3)18(14(4)19)10-9-17-23(20,21)15-7-8-16(22-5)12(2)11-15/h7-8,11,13,17H,6,9-10H2,1-5H3. The van der Waals surface area contributed by atoms with E-state index in [2.05, 4.69) is 4.72 Å². The smallest absolute Gasteiger partial charge is 0.240 e. The van der Waals surface area contributed by atoms with E-state index in [0.29, 0.717) is 12.3 Å². The van der Waals surface area contributed by atoms with Gasteiger partial charge in [-0.15, -0.1) is 0 Å². The highest BCUT2D eigenvalue weighted by Crippen LogP contribution is 2.21. The maximum Gasteiger partial charge on any atom is 0.240 e. The van der Waals surface area contributed by atoms with Crippen LogP contribution in [0.2, 0.25) is 0 Å². The Kier molecular flexibility index (Phi) is 7.02. The average molecular weight is 342 g/mol. The molecule has 0 bridgehead atoms. The summed E-state index contributed by atoms with van der Waals surface area (Å²) in [5, 5.41) is 0. The first kappa shape index (κ1) is 19.4. The van der Waals surface area contributed by atoms with Crippen molar-refractivity contribution in [2.75, 3.05) is 20.2 Å². The Morgan fingerprint density at radius 3 is 2.52 bits per heavy atom. The van der Waals surface area contributed by atoms with Crippen molar-refractivity contribution in [1.82, 2.24) is 9.62 Å². The van der Waals surface area contributed by atoms with E-state index in [4.69, 9.17) is 4.74 Å². The maximum absolute atomic E-state index is 12.3. The Labute approximate surface area is 138 Å². The molecule has 0 saturated heterocycles. The highest BCUT2D eigenvalue weighted by molar-refractivity contribution is 7.89. The van der Waals surface area contributed by atoms with Gasteiger partial charge in [0.1, 0.15) is 5.75 Å². The lowest BCUT2D eigenvalue weighted by atomic mass is 10.2. The van der Waals surface area contributed by atoms with E-state index in [9.17, 15) is 13.2 Å². The SMILES string of the molecule is CCC(C)N(CCNS(=O)(=O)c1ccc(OC)c(C)c1)C(C)=O. The molecule has 0 heterocycles. The summed E-state index contributed by atoms with van der Waals surface area (Å²) in [7, 11) is -2.06. The number of sulfonamides is 1. The fourth-order valence-corrected chi connectivity index (χ4v) is 3.42. The number of carbonyl (C=O) groups excluding carboxylic acids is 1. The topological polar surface area (TPSA) is 75.7 Å². The number of methoxy groups -OCH3 is 1. The van der Waals surface area contributed by atoms with Crippen molar-refractivity contribution in [3.63, 3.8) is 0 Å². The molecule has 1 unspecified atom stereocenters.